The van der Waals surface area contributed by atoms with Gasteiger partial charge in [-0.2, -0.15) is 0 Å². The Morgan fingerprint density at radius 2 is 1.76 bits per heavy atom. The van der Waals surface area contributed by atoms with Crippen molar-refractivity contribution in [3.05, 3.63) is 82.4 Å². The zero-order valence-corrected chi connectivity index (χ0v) is 22.2. The van der Waals surface area contributed by atoms with E-state index in [1.807, 2.05) is 43.5 Å². The molecule has 9 heteroatoms. The maximum absolute atomic E-state index is 13.5. The van der Waals surface area contributed by atoms with Crippen LogP contribution in [-0.2, 0) is 9.59 Å². The SMILES string of the molecule is CCOc1ccc(C2/C(=C(\O)c3ccc4cc(OC)ccc4c3)C(=O)C(=O)N2c2nc(C)cs2)cc1OC. The van der Waals surface area contributed by atoms with Crippen LogP contribution in [0.3, 0.4) is 0 Å². The summed E-state index contributed by atoms with van der Waals surface area (Å²) in [6.45, 7) is 4.13. The number of amides is 1. The first kappa shape index (κ1) is 25.3. The van der Waals surface area contributed by atoms with Gasteiger partial charge in [0.2, 0.25) is 0 Å². The molecule has 1 amide bonds. The highest BCUT2D eigenvalue weighted by molar-refractivity contribution is 7.14. The third-order valence-electron chi connectivity index (χ3n) is 6.38. The van der Waals surface area contributed by atoms with Crippen molar-refractivity contribution in [3.8, 4) is 17.2 Å². The summed E-state index contributed by atoms with van der Waals surface area (Å²) < 4.78 is 16.5. The minimum absolute atomic E-state index is 0.0260. The zero-order chi connectivity index (χ0) is 27.0. The van der Waals surface area contributed by atoms with Gasteiger partial charge >= 0.3 is 5.91 Å². The number of hydrogen-bond donors (Lipinski definition) is 1. The molecule has 4 aromatic rings. The fourth-order valence-corrected chi connectivity index (χ4v) is 5.41. The summed E-state index contributed by atoms with van der Waals surface area (Å²) >= 11 is 1.26. The van der Waals surface area contributed by atoms with Crippen molar-refractivity contribution in [2.24, 2.45) is 0 Å². The number of thiazole rings is 1. The number of fused-ring (bicyclic) bond motifs is 1. The quantitative estimate of drug-likeness (QED) is 0.187. The van der Waals surface area contributed by atoms with Gasteiger partial charge in [0.25, 0.3) is 5.78 Å². The molecule has 0 aliphatic carbocycles. The van der Waals surface area contributed by atoms with Crippen molar-refractivity contribution < 1.29 is 28.9 Å². The molecule has 1 fully saturated rings. The molecule has 1 atom stereocenters. The fourth-order valence-electron chi connectivity index (χ4n) is 4.58. The molecule has 3 aromatic carbocycles. The second kappa shape index (κ2) is 10.2. The van der Waals surface area contributed by atoms with Crippen molar-refractivity contribution in [1.29, 1.82) is 0 Å². The second-order valence-electron chi connectivity index (χ2n) is 8.71. The Balaban J connectivity index is 1.70. The molecule has 194 valence electrons. The van der Waals surface area contributed by atoms with Gasteiger partial charge in [0.1, 0.15) is 11.5 Å². The average Bonchev–Trinajstić information content (AvgIpc) is 3.47. The summed E-state index contributed by atoms with van der Waals surface area (Å²) in [5.74, 6) is -0.124. The third kappa shape index (κ3) is 4.35. The average molecular weight is 531 g/mol. The number of rotatable bonds is 7. The number of aromatic nitrogens is 1. The van der Waals surface area contributed by atoms with Crippen LogP contribution in [0, 0.1) is 6.92 Å². The molecular formula is C29H26N2O6S. The Kier molecular flexibility index (Phi) is 6.77. The predicted octanol–water partition coefficient (Wildman–Crippen LogP) is 5.65. The summed E-state index contributed by atoms with van der Waals surface area (Å²) in [6, 6.07) is 15.2. The molecule has 2 heterocycles. The summed E-state index contributed by atoms with van der Waals surface area (Å²) in [7, 11) is 3.12. The van der Waals surface area contributed by atoms with E-state index in [2.05, 4.69) is 4.98 Å². The Hall–Kier alpha value is -4.37. The topological polar surface area (TPSA) is 98.2 Å². The third-order valence-corrected chi connectivity index (χ3v) is 7.34. The molecule has 1 saturated heterocycles. The van der Waals surface area contributed by atoms with Crippen LogP contribution < -0.4 is 19.1 Å². The van der Waals surface area contributed by atoms with E-state index >= 15 is 0 Å². The number of ketones is 1. The number of aliphatic hydroxyl groups excluding tert-OH is 1. The molecule has 1 aliphatic rings. The standard InChI is InChI=1S/C29H26N2O6S/c1-5-37-22-11-9-19(14-23(22)36-4)25-24(27(33)28(34)31(25)29-30-16(2)15-38-29)26(32)20-7-6-18-13-21(35-3)10-8-17(18)12-20/h6-15,25,32H,5H2,1-4H3/b26-24+. The van der Waals surface area contributed by atoms with E-state index in [0.717, 1.165) is 16.5 Å². The lowest BCUT2D eigenvalue weighted by Gasteiger charge is -2.24. The number of ether oxygens (including phenoxy) is 3. The van der Waals surface area contributed by atoms with Gasteiger partial charge in [-0.25, -0.2) is 4.98 Å². The maximum Gasteiger partial charge on any atom is 0.301 e. The van der Waals surface area contributed by atoms with Crippen molar-refractivity contribution >= 4 is 44.7 Å². The number of hydrogen-bond acceptors (Lipinski definition) is 8. The van der Waals surface area contributed by atoms with E-state index < -0.39 is 17.7 Å². The summed E-state index contributed by atoms with van der Waals surface area (Å²) in [5, 5.41) is 15.4. The molecule has 1 N–H and O–H groups in total. The first-order chi connectivity index (χ1) is 18.4. The van der Waals surface area contributed by atoms with Crippen LogP contribution in [0.1, 0.15) is 29.8 Å². The van der Waals surface area contributed by atoms with Gasteiger partial charge in [-0.15, -0.1) is 11.3 Å². The summed E-state index contributed by atoms with van der Waals surface area (Å²) in [6.07, 6.45) is 0. The van der Waals surface area contributed by atoms with E-state index in [4.69, 9.17) is 14.2 Å². The molecule has 0 bridgehead atoms. The number of carbonyl (C=O) groups excluding carboxylic acids is 2. The van der Waals surface area contributed by atoms with Crippen molar-refractivity contribution in [2.45, 2.75) is 19.9 Å². The van der Waals surface area contributed by atoms with Crippen molar-refractivity contribution in [2.75, 3.05) is 25.7 Å². The summed E-state index contributed by atoms with van der Waals surface area (Å²) in [5.41, 5.74) is 1.69. The van der Waals surface area contributed by atoms with Crippen molar-refractivity contribution in [3.63, 3.8) is 0 Å². The number of nitrogens with zero attached hydrogens (tertiary/aromatic N) is 2. The van der Waals surface area contributed by atoms with Crippen LogP contribution in [0.5, 0.6) is 17.2 Å². The molecule has 0 saturated carbocycles. The Morgan fingerprint density at radius 1 is 1.00 bits per heavy atom. The highest BCUT2D eigenvalue weighted by atomic mass is 32.1. The number of aryl methyl sites for hydroxylation is 1. The molecular weight excluding hydrogens is 504 g/mol. The van der Waals surface area contributed by atoms with Crippen LogP contribution in [0.4, 0.5) is 5.13 Å². The molecule has 1 aliphatic heterocycles. The number of carbonyl (C=O) groups is 2. The highest BCUT2D eigenvalue weighted by Gasteiger charge is 2.48. The highest BCUT2D eigenvalue weighted by Crippen LogP contribution is 2.45. The predicted molar refractivity (Wildman–Crippen MR) is 146 cm³/mol. The lowest BCUT2D eigenvalue weighted by Crippen LogP contribution is -2.29. The summed E-state index contributed by atoms with van der Waals surface area (Å²) in [4.78, 5) is 32.6. The van der Waals surface area contributed by atoms with E-state index in [9.17, 15) is 14.7 Å². The van der Waals surface area contributed by atoms with Gasteiger partial charge < -0.3 is 19.3 Å². The number of anilines is 1. The molecule has 0 spiro atoms. The monoisotopic (exact) mass is 530 g/mol. The van der Waals surface area contributed by atoms with Crippen LogP contribution >= 0.6 is 11.3 Å². The zero-order valence-electron chi connectivity index (χ0n) is 21.3. The molecule has 5 rings (SSSR count). The van der Waals surface area contributed by atoms with Gasteiger partial charge in [0.05, 0.1) is 38.1 Å². The molecule has 1 aromatic heterocycles. The number of Topliss-reactive ketones (excluding diaryl/α,β-unsaturated/α-hetero) is 1. The van der Waals surface area contributed by atoms with E-state index in [1.165, 1.54) is 23.3 Å². The first-order valence-corrected chi connectivity index (χ1v) is 12.9. The minimum atomic E-state index is -0.920. The molecule has 0 radical (unpaired) electrons. The van der Waals surface area contributed by atoms with Gasteiger partial charge in [-0.05, 0) is 60.5 Å². The Bertz CT molecular complexity index is 1590. The minimum Gasteiger partial charge on any atom is -0.507 e. The Morgan fingerprint density at radius 3 is 2.45 bits per heavy atom. The maximum atomic E-state index is 13.5. The largest absolute Gasteiger partial charge is 0.507 e. The van der Waals surface area contributed by atoms with Gasteiger partial charge in [0, 0.05) is 10.9 Å². The van der Waals surface area contributed by atoms with Crippen LogP contribution in [0.2, 0.25) is 0 Å². The Labute approximate surface area is 223 Å². The smallest absolute Gasteiger partial charge is 0.301 e. The number of benzene rings is 3. The van der Waals surface area contributed by atoms with E-state index in [0.29, 0.717) is 40.1 Å². The van der Waals surface area contributed by atoms with Gasteiger partial charge in [-0.1, -0.05) is 24.3 Å². The van der Waals surface area contributed by atoms with Crippen LogP contribution in [-0.4, -0.2) is 42.6 Å². The van der Waals surface area contributed by atoms with Crippen LogP contribution in [0.15, 0.2) is 65.6 Å². The molecule has 8 nitrogen and oxygen atoms in total. The number of aliphatic hydroxyl groups is 1. The second-order valence-corrected chi connectivity index (χ2v) is 9.55. The van der Waals surface area contributed by atoms with Gasteiger partial charge in [-0.3, -0.25) is 14.5 Å². The molecule has 1 unspecified atom stereocenters. The lowest BCUT2D eigenvalue weighted by molar-refractivity contribution is -0.132. The van der Waals surface area contributed by atoms with E-state index in [-0.39, 0.29) is 11.3 Å². The van der Waals surface area contributed by atoms with Crippen LogP contribution in [0.25, 0.3) is 16.5 Å². The fraction of sp³-hybridized carbons (Fsp3) is 0.207. The van der Waals surface area contributed by atoms with E-state index in [1.54, 1.807) is 37.4 Å². The van der Waals surface area contributed by atoms with Crippen molar-refractivity contribution in [1.82, 2.24) is 4.98 Å². The normalized spacial score (nSPS) is 16.7. The molecule has 38 heavy (non-hydrogen) atoms. The lowest BCUT2D eigenvalue weighted by atomic mass is 9.94. The van der Waals surface area contributed by atoms with Gasteiger partial charge in [0.15, 0.2) is 16.6 Å². The first-order valence-electron chi connectivity index (χ1n) is 12.0. The number of methoxy groups -OCH3 is 2.